The first-order chi connectivity index (χ1) is 18.0. The van der Waals surface area contributed by atoms with Gasteiger partial charge < -0.3 is 15.3 Å². The molecule has 2 aliphatic heterocycles. The molecule has 0 unspecified atom stereocenters. The summed E-state index contributed by atoms with van der Waals surface area (Å²) in [6.07, 6.45) is 0.983. The van der Waals surface area contributed by atoms with Gasteiger partial charge >= 0.3 is 11.9 Å². The highest BCUT2D eigenvalue weighted by molar-refractivity contribution is 6.08. The molecular formula is C26H25FN2O9. The fourth-order valence-corrected chi connectivity index (χ4v) is 6.71. The summed E-state index contributed by atoms with van der Waals surface area (Å²) in [6.45, 7) is -0.638. The Morgan fingerprint density at radius 2 is 1.42 bits per heavy atom. The van der Waals surface area contributed by atoms with Crippen molar-refractivity contribution >= 4 is 35.6 Å². The Kier molecular flexibility index (Phi) is 6.28. The normalized spacial score (nSPS) is 30.2. The van der Waals surface area contributed by atoms with Gasteiger partial charge in [-0.3, -0.25) is 38.6 Å². The number of allylic oxidation sites excluding steroid dienone is 2. The van der Waals surface area contributed by atoms with E-state index in [-0.39, 0.29) is 31.5 Å². The second-order valence-electron chi connectivity index (χ2n) is 10.1. The fraction of sp³-hybridized carbons (Fsp3) is 0.462. The van der Waals surface area contributed by atoms with E-state index >= 15 is 0 Å². The summed E-state index contributed by atoms with van der Waals surface area (Å²) in [5, 5.41) is 28.7. The highest BCUT2D eigenvalue weighted by Gasteiger charge is 2.62. The Bertz CT molecular complexity index is 1310. The largest absolute Gasteiger partial charge is 0.505 e. The van der Waals surface area contributed by atoms with Gasteiger partial charge in [0.15, 0.2) is 11.6 Å². The monoisotopic (exact) mass is 528 g/mol. The third-order valence-electron chi connectivity index (χ3n) is 8.28. The SMILES string of the molecule is O=C(O)CCN1C(=O)[C@H]2[C@H](CC=C3[C@H]2C[C@H]2C(=O)N(CCC(=O)O)C(=O)[C@H]2[C@H]3c2cccc(F)c2O)C1=O. The molecule has 4 aliphatic rings. The van der Waals surface area contributed by atoms with Gasteiger partial charge in [0.25, 0.3) is 0 Å². The molecule has 2 saturated heterocycles. The van der Waals surface area contributed by atoms with Crippen LogP contribution in [-0.4, -0.2) is 73.8 Å². The average Bonchev–Trinajstić information content (AvgIpc) is 3.25. The van der Waals surface area contributed by atoms with Crippen LogP contribution in [0.3, 0.4) is 0 Å². The maximum absolute atomic E-state index is 14.4. The highest BCUT2D eigenvalue weighted by atomic mass is 19.1. The lowest BCUT2D eigenvalue weighted by Crippen LogP contribution is -2.43. The zero-order chi connectivity index (χ0) is 27.5. The van der Waals surface area contributed by atoms with Crippen LogP contribution in [0.1, 0.15) is 37.2 Å². The van der Waals surface area contributed by atoms with Gasteiger partial charge in [0.2, 0.25) is 23.6 Å². The van der Waals surface area contributed by atoms with Crippen molar-refractivity contribution in [3.05, 3.63) is 41.2 Å². The van der Waals surface area contributed by atoms with Crippen LogP contribution < -0.4 is 0 Å². The fourth-order valence-electron chi connectivity index (χ4n) is 6.71. The maximum atomic E-state index is 14.4. The van der Waals surface area contributed by atoms with E-state index in [0.29, 0.717) is 5.57 Å². The van der Waals surface area contributed by atoms with Crippen LogP contribution in [0.5, 0.6) is 5.75 Å². The molecule has 1 aromatic carbocycles. The topological polar surface area (TPSA) is 170 Å². The van der Waals surface area contributed by atoms with Crippen LogP contribution in [0.2, 0.25) is 0 Å². The third-order valence-corrected chi connectivity index (χ3v) is 8.28. The van der Waals surface area contributed by atoms with Gasteiger partial charge in [-0.05, 0) is 24.8 Å². The first-order valence-electron chi connectivity index (χ1n) is 12.3. The van der Waals surface area contributed by atoms with Crippen LogP contribution in [0, 0.1) is 35.4 Å². The number of carbonyl (C=O) groups excluding carboxylic acids is 4. The first-order valence-corrected chi connectivity index (χ1v) is 12.3. The van der Waals surface area contributed by atoms with Crippen molar-refractivity contribution in [2.75, 3.05) is 13.1 Å². The molecule has 200 valence electrons. The number of imide groups is 2. The zero-order valence-corrected chi connectivity index (χ0v) is 20.1. The number of hydrogen-bond donors (Lipinski definition) is 3. The van der Waals surface area contributed by atoms with Crippen LogP contribution in [0.15, 0.2) is 29.8 Å². The average molecular weight is 528 g/mol. The second-order valence-corrected chi connectivity index (χ2v) is 10.1. The predicted molar refractivity (Wildman–Crippen MR) is 124 cm³/mol. The summed E-state index contributed by atoms with van der Waals surface area (Å²) in [6, 6.07) is 3.84. The van der Waals surface area contributed by atoms with E-state index < -0.39 is 95.5 Å². The van der Waals surface area contributed by atoms with Crippen molar-refractivity contribution in [2.24, 2.45) is 29.6 Å². The number of carbonyl (C=O) groups is 6. The van der Waals surface area contributed by atoms with Crippen molar-refractivity contribution in [2.45, 2.75) is 31.6 Å². The summed E-state index contributed by atoms with van der Waals surface area (Å²) in [5.74, 6) is -11.6. The molecule has 1 saturated carbocycles. The van der Waals surface area contributed by atoms with E-state index in [4.69, 9.17) is 10.2 Å². The molecule has 0 aromatic heterocycles. The van der Waals surface area contributed by atoms with Gasteiger partial charge in [-0.1, -0.05) is 23.8 Å². The van der Waals surface area contributed by atoms with E-state index in [1.165, 1.54) is 12.1 Å². The third kappa shape index (κ3) is 3.86. The number of benzene rings is 1. The molecule has 0 radical (unpaired) electrons. The number of rotatable bonds is 7. The number of amides is 4. The molecule has 11 nitrogen and oxygen atoms in total. The maximum Gasteiger partial charge on any atom is 0.305 e. The number of carboxylic acids is 2. The van der Waals surface area contributed by atoms with Crippen molar-refractivity contribution in [1.82, 2.24) is 9.80 Å². The molecule has 2 aliphatic carbocycles. The molecule has 3 fully saturated rings. The Morgan fingerprint density at radius 3 is 2.03 bits per heavy atom. The summed E-state index contributed by atoms with van der Waals surface area (Å²) in [7, 11) is 0. The lowest BCUT2D eigenvalue weighted by molar-refractivity contribution is -0.145. The molecule has 5 rings (SSSR count). The zero-order valence-electron chi connectivity index (χ0n) is 20.1. The van der Waals surface area contributed by atoms with Gasteiger partial charge in [0, 0.05) is 24.6 Å². The van der Waals surface area contributed by atoms with Gasteiger partial charge in [-0.2, -0.15) is 0 Å². The van der Waals surface area contributed by atoms with E-state index in [9.17, 15) is 38.3 Å². The molecule has 4 amide bonds. The minimum absolute atomic E-state index is 0.0319. The Labute approximate surface area is 215 Å². The number of fused-ring (bicyclic) bond motifs is 4. The molecule has 1 aromatic rings. The van der Waals surface area contributed by atoms with Crippen LogP contribution >= 0.6 is 0 Å². The Hall–Kier alpha value is -4.09. The van der Waals surface area contributed by atoms with Gasteiger partial charge in [-0.25, -0.2) is 4.39 Å². The Balaban J connectivity index is 1.58. The Morgan fingerprint density at radius 1 is 0.842 bits per heavy atom. The predicted octanol–water partition coefficient (Wildman–Crippen LogP) is 1.12. The summed E-state index contributed by atoms with van der Waals surface area (Å²) in [4.78, 5) is 77.3. The number of aliphatic carboxylic acids is 2. The number of halogens is 1. The van der Waals surface area contributed by atoms with Crippen molar-refractivity contribution < 1.29 is 48.5 Å². The van der Waals surface area contributed by atoms with Crippen molar-refractivity contribution in [3.8, 4) is 5.75 Å². The summed E-state index contributed by atoms with van der Waals surface area (Å²) in [5.41, 5.74) is 0.603. The number of aromatic hydroxyl groups is 1. The van der Waals surface area contributed by atoms with Gasteiger partial charge in [-0.15, -0.1) is 0 Å². The minimum atomic E-state index is -1.20. The smallest absolute Gasteiger partial charge is 0.305 e. The van der Waals surface area contributed by atoms with Crippen molar-refractivity contribution in [3.63, 3.8) is 0 Å². The minimum Gasteiger partial charge on any atom is -0.505 e. The second kappa shape index (κ2) is 9.34. The lowest BCUT2D eigenvalue weighted by atomic mass is 9.57. The number of phenolic OH excluding ortho intramolecular Hbond substituents is 1. The number of phenols is 1. The van der Waals surface area contributed by atoms with Crippen LogP contribution in [-0.2, 0) is 28.8 Å². The molecular weight excluding hydrogens is 503 g/mol. The van der Waals surface area contributed by atoms with Crippen LogP contribution in [0.25, 0.3) is 0 Å². The number of likely N-dealkylation sites (tertiary alicyclic amines) is 2. The number of nitrogens with zero attached hydrogens (tertiary/aromatic N) is 2. The quantitative estimate of drug-likeness (QED) is 0.347. The molecule has 38 heavy (non-hydrogen) atoms. The molecule has 0 bridgehead atoms. The van der Waals surface area contributed by atoms with Crippen molar-refractivity contribution in [1.29, 1.82) is 0 Å². The van der Waals surface area contributed by atoms with E-state index in [1.54, 1.807) is 6.08 Å². The molecule has 6 atom stereocenters. The molecule has 0 spiro atoms. The molecule has 2 heterocycles. The molecule has 3 N–H and O–H groups in total. The van der Waals surface area contributed by atoms with E-state index in [0.717, 1.165) is 15.9 Å². The highest BCUT2D eigenvalue weighted by Crippen LogP contribution is 2.58. The summed E-state index contributed by atoms with van der Waals surface area (Å²) < 4.78 is 14.4. The lowest BCUT2D eigenvalue weighted by Gasteiger charge is -2.44. The van der Waals surface area contributed by atoms with E-state index in [1.807, 2.05) is 0 Å². The summed E-state index contributed by atoms with van der Waals surface area (Å²) >= 11 is 0. The number of carboxylic acid groups (broad SMARTS) is 2. The number of para-hydroxylation sites is 1. The van der Waals surface area contributed by atoms with Crippen LogP contribution in [0.4, 0.5) is 4.39 Å². The number of hydrogen-bond acceptors (Lipinski definition) is 7. The standard InChI is InChI=1S/C26H25FN2O9/c27-16-3-1-2-12(22(16)34)19-11-4-5-13-20(25(37)28(23(13)35)8-6-17(30)31)14(11)10-15-21(19)26(38)29(24(15)36)9-7-18(32)33/h1-4,13-15,19-21,34H,5-10H2,(H,30,31)(H,32,33)/t13-,14+,15+,19+,20-,21+/m0/s1. The van der Waals surface area contributed by atoms with E-state index in [2.05, 4.69) is 0 Å². The van der Waals surface area contributed by atoms with Gasteiger partial charge in [0.1, 0.15) is 0 Å². The molecule has 12 heteroatoms. The van der Waals surface area contributed by atoms with Gasteiger partial charge in [0.05, 0.1) is 36.5 Å². The first kappa shape index (κ1) is 25.6.